The smallest absolute Gasteiger partial charge is 0.194 e. The number of nitrogens with zero attached hydrogens (tertiary/aromatic N) is 5. The van der Waals surface area contributed by atoms with Crippen LogP contribution >= 0.6 is 0 Å². The van der Waals surface area contributed by atoms with E-state index in [9.17, 15) is 4.39 Å². The predicted molar refractivity (Wildman–Crippen MR) is 100 cm³/mol. The maximum atomic E-state index is 13.5. The van der Waals surface area contributed by atoms with Gasteiger partial charge in [0.1, 0.15) is 18.2 Å². The van der Waals surface area contributed by atoms with Crippen molar-refractivity contribution in [1.82, 2.24) is 25.0 Å². The molecule has 0 spiro atoms. The molecule has 1 heterocycles. The zero-order chi connectivity index (χ0) is 18.5. The van der Waals surface area contributed by atoms with Crippen molar-refractivity contribution >= 4 is 5.96 Å². The van der Waals surface area contributed by atoms with Crippen LogP contribution in [0.2, 0.25) is 0 Å². The number of aliphatic imine (C=N–C) groups is 1. The van der Waals surface area contributed by atoms with E-state index in [-0.39, 0.29) is 5.82 Å². The van der Waals surface area contributed by atoms with Gasteiger partial charge in [-0.3, -0.25) is 0 Å². The molecule has 1 fully saturated rings. The second kappa shape index (κ2) is 8.29. The topological polar surface area (TPSA) is 58.3 Å². The molecule has 1 saturated carbocycles. The lowest BCUT2D eigenvalue weighted by molar-refractivity contribution is 0.455. The Balaban J connectivity index is 1.74. The van der Waals surface area contributed by atoms with Crippen LogP contribution in [0.1, 0.15) is 42.9 Å². The van der Waals surface area contributed by atoms with Crippen molar-refractivity contribution in [2.24, 2.45) is 12.0 Å². The summed E-state index contributed by atoms with van der Waals surface area (Å²) < 4.78 is 15.4. The van der Waals surface area contributed by atoms with Crippen molar-refractivity contribution in [2.45, 2.75) is 51.7 Å². The molecular weight excluding hydrogens is 331 g/mol. The number of aryl methyl sites for hydroxylation is 1. The highest BCUT2D eigenvalue weighted by Gasteiger charge is 2.18. The second-order valence-electron chi connectivity index (χ2n) is 6.97. The Kier molecular flexibility index (Phi) is 5.85. The largest absolute Gasteiger partial charge is 0.353 e. The summed E-state index contributed by atoms with van der Waals surface area (Å²) in [5.74, 6) is 2.30. The third kappa shape index (κ3) is 4.59. The Bertz CT molecular complexity index is 763. The summed E-state index contributed by atoms with van der Waals surface area (Å²) >= 11 is 0. The Hall–Kier alpha value is -2.44. The van der Waals surface area contributed by atoms with Gasteiger partial charge in [0.25, 0.3) is 0 Å². The molecule has 1 aromatic heterocycles. The molecule has 140 valence electrons. The average molecular weight is 358 g/mol. The minimum absolute atomic E-state index is 0.215. The third-order valence-corrected chi connectivity index (χ3v) is 4.91. The standard InChI is InChI=1S/C19H27FN6/c1-14-23-24-18(26(14)3)12-21-19(22-17-9-4-5-10-17)25(2)13-15-7-6-8-16(20)11-15/h6-8,11,17H,4-5,9-10,12-13H2,1-3H3,(H,21,22). The van der Waals surface area contributed by atoms with Crippen molar-refractivity contribution in [3.05, 3.63) is 47.3 Å². The highest BCUT2D eigenvalue weighted by molar-refractivity contribution is 5.80. The molecule has 0 bridgehead atoms. The maximum absolute atomic E-state index is 13.5. The van der Waals surface area contributed by atoms with Gasteiger partial charge in [0.05, 0.1) is 0 Å². The molecule has 0 saturated heterocycles. The van der Waals surface area contributed by atoms with Crippen LogP contribution in [0.25, 0.3) is 0 Å². The minimum atomic E-state index is -0.215. The number of nitrogens with one attached hydrogen (secondary N) is 1. The molecule has 6 nitrogen and oxygen atoms in total. The molecule has 1 aliphatic carbocycles. The monoisotopic (exact) mass is 358 g/mol. The Morgan fingerprint density at radius 2 is 2.12 bits per heavy atom. The SMILES string of the molecule is Cc1nnc(CN=C(NC2CCCC2)N(C)Cc2cccc(F)c2)n1C. The van der Waals surface area contributed by atoms with E-state index < -0.39 is 0 Å². The van der Waals surface area contributed by atoms with Gasteiger partial charge >= 0.3 is 0 Å². The zero-order valence-electron chi connectivity index (χ0n) is 15.7. The lowest BCUT2D eigenvalue weighted by atomic mass is 10.2. The predicted octanol–water partition coefficient (Wildman–Crippen LogP) is 2.78. The van der Waals surface area contributed by atoms with Gasteiger partial charge in [-0.25, -0.2) is 9.38 Å². The summed E-state index contributed by atoms with van der Waals surface area (Å²) in [5.41, 5.74) is 0.919. The van der Waals surface area contributed by atoms with Gasteiger partial charge in [0.2, 0.25) is 0 Å². The van der Waals surface area contributed by atoms with Gasteiger partial charge in [-0.1, -0.05) is 25.0 Å². The molecule has 1 aromatic carbocycles. The molecule has 26 heavy (non-hydrogen) atoms. The number of hydrogen-bond donors (Lipinski definition) is 1. The van der Waals surface area contributed by atoms with Gasteiger partial charge in [-0.2, -0.15) is 0 Å². The van der Waals surface area contributed by atoms with Crippen LogP contribution in [-0.4, -0.2) is 38.7 Å². The molecule has 1 aliphatic rings. The minimum Gasteiger partial charge on any atom is -0.353 e. The first kappa shape index (κ1) is 18.4. The van der Waals surface area contributed by atoms with E-state index in [0.717, 1.165) is 36.0 Å². The van der Waals surface area contributed by atoms with E-state index in [4.69, 9.17) is 4.99 Å². The molecular formula is C19H27FN6. The molecule has 3 rings (SSSR count). The van der Waals surface area contributed by atoms with E-state index in [1.807, 2.05) is 36.6 Å². The summed E-state index contributed by atoms with van der Waals surface area (Å²) in [6.07, 6.45) is 4.83. The van der Waals surface area contributed by atoms with Crippen molar-refractivity contribution < 1.29 is 4.39 Å². The summed E-state index contributed by atoms with van der Waals surface area (Å²) in [7, 11) is 3.92. The van der Waals surface area contributed by atoms with Gasteiger partial charge in [-0.15, -0.1) is 10.2 Å². The number of guanidine groups is 1. The third-order valence-electron chi connectivity index (χ3n) is 4.91. The van der Waals surface area contributed by atoms with E-state index >= 15 is 0 Å². The number of benzene rings is 1. The molecule has 0 radical (unpaired) electrons. The van der Waals surface area contributed by atoms with Crippen LogP contribution in [0.3, 0.4) is 0 Å². The summed E-state index contributed by atoms with van der Waals surface area (Å²) in [6, 6.07) is 7.15. The summed E-state index contributed by atoms with van der Waals surface area (Å²) in [4.78, 5) is 6.80. The maximum Gasteiger partial charge on any atom is 0.194 e. The fourth-order valence-corrected chi connectivity index (χ4v) is 3.25. The van der Waals surface area contributed by atoms with Crippen LogP contribution in [0.15, 0.2) is 29.3 Å². The van der Waals surface area contributed by atoms with Crippen molar-refractivity contribution in [3.8, 4) is 0 Å². The summed E-state index contributed by atoms with van der Waals surface area (Å²) in [6.45, 7) is 2.97. The van der Waals surface area contributed by atoms with Gasteiger partial charge in [0, 0.05) is 26.7 Å². The Morgan fingerprint density at radius 3 is 2.77 bits per heavy atom. The molecule has 0 unspecified atom stereocenters. The van der Waals surface area contributed by atoms with E-state index in [1.165, 1.54) is 18.9 Å². The van der Waals surface area contributed by atoms with Crippen molar-refractivity contribution in [2.75, 3.05) is 7.05 Å². The van der Waals surface area contributed by atoms with E-state index in [1.54, 1.807) is 12.1 Å². The fourth-order valence-electron chi connectivity index (χ4n) is 3.25. The van der Waals surface area contributed by atoms with Crippen LogP contribution < -0.4 is 5.32 Å². The van der Waals surface area contributed by atoms with Gasteiger partial charge in [-0.05, 0) is 37.5 Å². The van der Waals surface area contributed by atoms with Crippen molar-refractivity contribution in [1.29, 1.82) is 0 Å². The first-order chi connectivity index (χ1) is 12.5. The first-order valence-electron chi connectivity index (χ1n) is 9.14. The molecule has 1 N–H and O–H groups in total. The van der Waals surface area contributed by atoms with E-state index in [2.05, 4.69) is 15.5 Å². The Labute approximate surface area is 154 Å². The van der Waals surface area contributed by atoms with Crippen molar-refractivity contribution in [3.63, 3.8) is 0 Å². The number of rotatable bonds is 5. The first-order valence-corrected chi connectivity index (χ1v) is 9.14. The zero-order valence-corrected chi connectivity index (χ0v) is 15.7. The highest BCUT2D eigenvalue weighted by Crippen LogP contribution is 2.18. The Morgan fingerprint density at radius 1 is 1.35 bits per heavy atom. The van der Waals surface area contributed by atoms with Gasteiger partial charge in [0.15, 0.2) is 11.8 Å². The molecule has 0 aliphatic heterocycles. The molecule has 2 aromatic rings. The lowest BCUT2D eigenvalue weighted by Crippen LogP contribution is -2.43. The molecule has 0 amide bonds. The number of hydrogen-bond acceptors (Lipinski definition) is 3. The molecule has 7 heteroatoms. The van der Waals surface area contributed by atoms with Crippen LogP contribution in [0, 0.1) is 12.7 Å². The fraction of sp³-hybridized carbons (Fsp3) is 0.526. The normalized spacial score (nSPS) is 15.5. The number of aromatic nitrogens is 3. The molecule has 0 atom stereocenters. The van der Waals surface area contributed by atoms with E-state index in [0.29, 0.717) is 19.1 Å². The average Bonchev–Trinajstić information content (AvgIpc) is 3.23. The van der Waals surface area contributed by atoms with Crippen LogP contribution in [0.4, 0.5) is 4.39 Å². The van der Waals surface area contributed by atoms with Crippen LogP contribution in [-0.2, 0) is 20.1 Å². The summed E-state index contributed by atoms with van der Waals surface area (Å²) in [5, 5.41) is 11.8. The van der Waals surface area contributed by atoms with Crippen LogP contribution in [0.5, 0.6) is 0 Å². The number of halogens is 1. The second-order valence-corrected chi connectivity index (χ2v) is 6.97. The quantitative estimate of drug-likeness (QED) is 0.660. The van der Waals surface area contributed by atoms with Gasteiger partial charge < -0.3 is 14.8 Å². The highest BCUT2D eigenvalue weighted by atomic mass is 19.1. The lowest BCUT2D eigenvalue weighted by Gasteiger charge is -2.25.